The molecule has 0 fully saturated rings. The van der Waals surface area contributed by atoms with Gasteiger partial charge in [-0.05, 0) is 182 Å². The lowest BCUT2D eigenvalue weighted by Gasteiger charge is -2.23. The summed E-state index contributed by atoms with van der Waals surface area (Å²) in [6.45, 7) is 20.7. The summed E-state index contributed by atoms with van der Waals surface area (Å²) in [4.78, 5) is 0. The molecule has 13 aromatic rings. The Labute approximate surface area is 484 Å². The van der Waals surface area contributed by atoms with Gasteiger partial charge in [0.15, 0.2) is 0 Å². The van der Waals surface area contributed by atoms with Gasteiger partial charge >= 0.3 is 0 Å². The quantitative estimate of drug-likeness (QED) is 0.165. The van der Waals surface area contributed by atoms with Gasteiger partial charge < -0.3 is 0 Å². The lowest BCUT2D eigenvalue weighted by molar-refractivity contribution is 0.660. The third-order valence-corrected chi connectivity index (χ3v) is 18.8. The summed E-state index contributed by atoms with van der Waals surface area (Å²) in [6.07, 6.45) is 0. The summed E-state index contributed by atoms with van der Waals surface area (Å²) in [5.41, 5.74) is 28.8. The minimum Gasteiger partial charge on any atom is -0.0622 e. The molecule has 0 bridgehead atoms. The van der Waals surface area contributed by atoms with E-state index in [1.54, 1.807) is 0 Å². The van der Waals surface area contributed by atoms with Gasteiger partial charge in [-0.3, -0.25) is 0 Å². The zero-order valence-electron chi connectivity index (χ0n) is 48.7. The van der Waals surface area contributed by atoms with Crippen molar-refractivity contribution in [2.24, 2.45) is 0 Å². The van der Waals surface area contributed by atoms with Crippen molar-refractivity contribution < 1.29 is 0 Å². The average molecular weight is 1050 g/mol. The number of hydrogen-bond acceptors (Lipinski definition) is 0. The van der Waals surface area contributed by atoms with Crippen LogP contribution in [0.1, 0.15) is 91.6 Å². The van der Waals surface area contributed by atoms with E-state index < -0.39 is 0 Å². The fourth-order valence-electron chi connectivity index (χ4n) is 14.3. The van der Waals surface area contributed by atoms with Crippen LogP contribution in [-0.2, 0) is 16.2 Å². The van der Waals surface area contributed by atoms with Crippen molar-refractivity contribution in [2.45, 2.75) is 78.6 Å². The Balaban J connectivity index is 0.000000110. The molecule has 3 aliphatic carbocycles. The van der Waals surface area contributed by atoms with Crippen molar-refractivity contribution in [3.63, 3.8) is 0 Å². The maximum atomic E-state index is 2.46. The van der Waals surface area contributed by atoms with Crippen LogP contribution >= 0.6 is 0 Å². The summed E-state index contributed by atoms with van der Waals surface area (Å²) >= 11 is 0. The van der Waals surface area contributed by atoms with Crippen LogP contribution in [0.4, 0.5) is 0 Å². The van der Waals surface area contributed by atoms with Crippen LogP contribution in [-0.4, -0.2) is 0 Å². The first kappa shape index (κ1) is 51.1. The van der Waals surface area contributed by atoms with Gasteiger partial charge in [-0.15, -0.1) is 0 Å². The molecule has 0 N–H and O–H groups in total. The SMILES string of the molecule is Cc1ccc(-c2cc3c(c4ccccc24)-c2c(ccc4ccccc24)C3(C)C)cc1.Cc1ccc(-c2ccc3c(c2)C(C)(C)c2ccc4ccccc4c2-3)cc1.Cc1ccc2c(c1)C(C)(C)c1cc(-c3ccccc3)c3ccccc3c1-2. The smallest absolute Gasteiger partial charge is 0.0159 e. The number of fused-ring (bicyclic) bond motifs is 17. The molecule has 0 saturated carbocycles. The number of benzene rings is 13. The van der Waals surface area contributed by atoms with Crippen molar-refractivity contribution in [1.82, 2.24) is 0 Å². The highest BCUT2D eigenvalue weighted by atomic mass is 14.4. The summed E-state index contributed by atoms with van der Waals surface area (Å²) in [5, 5.41) is 10.7. The fraction of sp³-hybridized carbons (Fsp3) is 0.146. The molecule has 0 atom stereocenters. The Morgan fingerprint density at radius 3 is 1.16 bits per heavy atom. The third kappa shape index (κ3) is 8.09. The summed E-state index contributed by atoms with van der Waals surface area (Å²) in [5.74, 6) is 0. The Morgan fingerprint density at radius 1 is 0.207 bits per heavy atom. The van der Waals surface area contributed by atoms with E-state index in [0.29, 0.717) is 0 Å². The Bertz CT molecular complexity index is 4700. The molecule has 0 aliphatic heterocycles. The van der Waals surface area contributed by atoms with Gasteiger partial charge in [-0.2, -0.15) is 0 Å². The first-order valence-corrected chi connectivity index (χ1v) is 29.3. The van der Waals surface area contributed by atoms with Crippen LogP contribution in [0.15, 0.2) is 249 Å². The normalized spacial score (nSPS) is 14.2. The first-order chi connectivity index (χ1) is 39.7. The van der Waals surface area contributed by atoms with Gasteiger partial charge in [-0.25, -0.2) is 0 Å². The minimum absolute atomic E-state index is 0.0181. The van der Waals surface area contributed by atoms with Gasteiger partial charge in [0.05, 0.1) is 0 Å². The van der Waals surface area contributed by atoms with Crippen LogP contribution in [0.25, 0.3) is 110 Å². The van der Waals surface area contributed by atoms with Crippen molar-refractivity contribution in [2.75, 3.05) is 0 Å². The van der Waals surface area contributed by atoms with Gasteiger partial charge in [0.1, 0.15) is 0 Å². The second-order valence-corrected chi connectivity index (χ2v) is 25.0. The molecule has 0 heterocycles. The van der Waals surface area contributed by atoms with Crippen LogP contribution in [0, 0.1) is 20.8 Å². The van der Waals surface area contributed by atoms with Gasteiger partial charge in [0, 0.05) is 16.2 Å². The third-order valence-electron chi connectivity index (χ3n) is 18.8. The largest absolute Gasteiger partial charge is 0.0622 e. The van der Waals surface area contributed by atoms with Crippen LogP contribution in [0.2, 0.25) is 0 Å². The fourth-order valence-corrected chi connectivity index (χ4v) is 14.3. The Kier molecular flexibility index (Phi) is 12.0. The van der Waals surface area contributed by atoms with E-state index in [1.807, 2.05) is 0 Å². The summed E-state index contributed by atoms with van der Waals surface area (Å²) in [6, 6.07) is 91.9. The molecule has 16 rings (SSSR count). The van der Waals surface area contributed by atoms with E-state index in [2.05, 4.69) is 311 Å². The van der Waals surface area contributed by atoms with Crippen molar-refractivity contribution in [1.29, 1.82) is 0 Å². The standard InChI is InChI=1S/C30H24.2C26H22/c1-19-12-14-21(15-13-19)25-18-27-29(24-11-7-6-10-23(24)25)28-22-9-5-4-8-20(22)16-17-26(28)30(27,2)3;1-17-13-14-21-23(15-17)26(2,3)24-16-22(18-9-5-4-6-10-18)19-11-7-8-12-20(19)25(21)24;1-17-8-10-18(11-9-17)20-12-14-22-24(16-20)26(2,3)23-15-13-19-6-4-5-7-21(19)25(22)23/h4-18H,1-3H3;2*4-16H,1-3H3. The van der Waals surface area contributed by atoms with Crippen molar-refractivity contribution in [3.05, 3.63) is 299 Å². The maximum absolute atomic E-state index is 2.46. The van der Waals surface area contributed by atoms with Gasteiger partial charge in [0.2, 0.25) is 0 Å². The van der Waals surface area contributed by atoms with Crippen molar-refractivity contribution in [3.8, 4) is 66.8 Å². The average Bonchev–Trinajstić information content (AvgIpc) is 3.79. The van der Waals surface area contributed by atoms with E-state index in [1.165, 1.54) is 160 Å². The molecule has 3 aliphatic rings. The van der Waals surface area contributed by atoms with Crippen molar-refractivity contribution >= 4 is 43.1 Å². The zero-order chi connectivity index (χ0) is 56.2. The lowest BCUT2D eigenvalue weighted by Crippen LogP contribution is -2.15. The van der Waals surface area contributed by atoms with Crippen LogP contribution < -0.4 is 0 Å². The van der Waals surface area contributed by atoms with E-state index in [0.717, 1.165) is 0 Å². The van der Waals surface area contributed by atoms with Crippen LogP contribution in [0.3, 0.4) is 0 Å². The molecule has 0 heteroatoms. The minimum atomic E-state index is -0.0296. The molecule has 0 aromatic heterocycles. The zero-order valence-corrected chi connectivity index (χ0v) is 48.7. The molecule has 0 nitrogen and oxygen atoms in total. The highest BCUT2D eigenvalue weighted by Gasteiger charge is 2.40. The molecular formula is C82H68. The molecule has 0 radical (unpaired) electrons. The molecule has 0 amide bonds. The summed E-state index contributed by atoms with van der Waals surface area (Å²) < 4.78 is 0. The first-order valence-electron chi connectivity index (χ1n) is 29.3. The van der Waals surface area contributed by atoms with Gasteiger partial charge in [-0.1, -0.05) is 289 Å². The highest BCUT2D eigenvalue weighted by molar-refractivity contribution is 6.15. The summed E-state index contributed by atoms with van der Waals surface area (Å²) in [7, 11) is 0. The predicted octanol–water partition coefficient (Wildman–Crippen LogP) is 22.5. The number of rotatable bonds is 3. The number of hydrogen-bond donors (Lipinski definition) is 0. The van der Waals surface area contributed by atoms with Crippen LogP contribution in [0.5, 0.6) is 0 Å². The molecule has 0 unspecified atom stereocenters. The molecule has 82 heavy (non-hydrogen) atoms. The highest BCUT2D eigenvalue weighted by Crippen LogP contribution is 2.57. The number of aryl methyl sites for hydroxylation is 3. The molecule has 0 spiro atoms. The predicted molar refractivity (Wildman–Crippen MR) is 353 cm³/mol. The molecular weight excluding hydrogens is 985 g/mol. The van der Waals surface area contributed by atoms with E-state index >= 15 is 0 Å². The topological polar surface area (TPSA) is 0 Å². The second kappa shape index (κ2) is 19.3. The molecule has 13 aromatic carbocycles. The van der Waals surface area contributed by atoms with E-state index in [9.17, 15) is 0 Å². The molecule has 0 saturated heterocycles. The Hall–Kier alpha value is -9.10. The van der Waals surface area contributed by atoms with E-state index in [-0.39, 0.29) is 16.2 Å². The van der Waals surface area contributed by atoms with E-state index in [4.69, 9.17) is 0 Å². The monoisotopic (exact) mass is 1050 g/mol. The second-order valence-electron chi connectivity index (χ2n) is 25.0. The van der Waals surface area contributed by atoms with Gasteiger partial charge in [0.25, 0.3) is 0 Å². The molecule has 396 valence electrons. The lowest BCUT2D eigenvalue weighted by atomic mass is 9.80. The Morgan fingerprint density at radius 2 is 0.573 bits per heavy atom. The maximum Gasteiger partial charge on any atom is 0.0159 e.